The van der Waals surface area contributed by atoms with Gasteiger partial charge in [0.05, 0.1) is 0 Å². The monoisotopic (exact) mass is 370 g/mol. The summed E-state index contributed by atoms with van der Waals surface area (Å²) in [6.07, 6.45) is 2.10. The van der Waals surface area contributed by atoms with Gasteiger partial charge in [0.2, 0.25) is 11.7 Å². The van der Waals surface area contributed by atoms with Crippen molar-refractivity contribution in [3.63, 3.8) is 0 Å². The highest BCUT2D eigenvalue weighted by atomic mass is 16.5. The van der Waals surface area contributed by atoms with Crippen molar-refractivity contribution in [2.75, 3.05) is 24.5 Å². The minimum atomic E-state index is -0.922. The van der Waals surface area contributed by atoms with Gasteiger partial charge in [-0.3, -0.25) is 4.79 Å². The molecule has 142 valence electrons. The highest BCUT2D eigenvalue weighted by Crippen LogP contribution is 2.44. The number of rotatable bonds is 3. The van der Waals surface area contributed by atoms with Gasteiger partial charge in [-0.25, -0.2) is 4.79 Å². The number of benzene rings is 1. The molecule has 1 aromatic heterocycles. The number of carbonyl (C=O) groups excluding carboxylic acids is 1. The molecule has 0 unspecified atom stereocenters. The first kappa shape index (κ1) is 17.5. The Morgan fingerprint density at radius 1 is 1.22 bits per heavy atom. The van der Waals surface area contributed by atoms with Crippen LogP contribution in [0.1, 0.15) is 26.2 Å². The van der Waals surface area contributed by atoms with E-state index in [1.54, 1.807) is 0 Å². The average Bonchev–Trinajstić information content (AvgIpc) is 3.29. The smallest absolute Gasteiger partial charge is 0.326 e. The number of piperidine rings is 1. The van der Waals surface area contributed by atoms with E-state index in [4.69, 9.17) is 4.52 Å². The van der Waals surface area contributed by atoms with Crippen molar-refractivity contribution < 1.29 is 19.2 Å². The molecule has 2 aliphatic heterocycles. The van der Waals surface area contributed by atoms with Crippen molar-refractivity contribution in [1.29, 1.82) is 0 Å². The zero-order chi connectivity index (χ0) is 19.0. The van der Waals surface area contributed by atoms with Crippen LogP contribution in [-0.2, 0) is 9.59 Å². The van der Waals surface area contributed by atoms with Gasteiger partial charge in [-0.15, -0.1) is 0 Å². The third-order valence-corrected chi connectivity index (χ3v) is 5.74. The minimum Gasteiger partial charge on any atom is -0.480 e. The van der Waals surface area contributed by atoms with Crippen LogP contribution in [0, 0.1) is 5.41 Å². The van der Waals surface area contributed by atoms with E-state index in [9.17, 15) is 14.7 Å². The Labute approximate surface area is 156 Å². The van der Waals surface area contributed by atoms with E-state index in [0.717, 1.165) is 18.4 Å². The SMILES string of the molecule is CC(=O)N1CC2(CCN(c3nc(-c4ccccc4)no3)CC2)C[C@H]1C(=O)O. The van der Waals surface area contributed by atoms with Crippen LogP contribution in [0.3, 0.4) is 0 Å². The number of carboxylic acid groups (broad SMARTS) is 1. The fraction of sp³-hybridized carbons (Fsp3) is 0.474. The molecule has 1 atom stereocenters. The van der Waals surface area contributed by atoms with Crippen LogP contribution < -0.4 is 4.90 Å². The second kappa shape index (κ2) is 6.68. The number of aliphatic carboxylic acids is 1. The number of nitrogens with zero attached hydrogens (tertiary/aromatic N) is 4. The molecule has 0 bridgehead atoms. The molecule has 2 aliphatic rings. The summed E-state index contributed by atoms with van der Waals surface area (Å²) in [5.74, 6) is -0.541. The quantitative estimate of drug-likeness (QED) is 0.882. The molecular weight excluding hydrogens is 348 g/mol. The molecule has 1 aromatic carbocycles. The third-order valence-electron chi connectivity index (χ3n) is 5.74. The molecule has 2 saturated heterocycles. The van der Waals surface area contributed by atoms with Crippen LogP contribution in [0.25, 0.3) is 11.4 Å². The molecule has 0 aliphatic carbocycles. The predicted molar refractivity (Wildman–Crippen MR) is 97.0 cm³/mol. The molecule has 8 nitrogen and oxygen atoms in total. The van der Waals surface area contributed by atoms with Crippen LogP contribution >= 0.6 is 0 Å². The molecule has 2 aromatic rings. The van der Waals surface area contributed by atoms with Crippen molar-refractivity contribution in [3.05, 3.63) is 30.3 Å². The van der Waals surface area contributed by atoms with Gasteiger partial charge in [-0.1, -0.05) is 35.5 Å². The van der Waals surface area contributed by atoms with Gasteiger partial charge in [0.15, 0.2) is 0 Å². The number of likely N-dealkylation sites (tertiary alicyclic amines) is 1. The molecule has 27 heavy (non-hydrogen) atoms. The largest absolute Gasteiger partial charge is 0.480 e. The van der Waals surface area contributed by atoms with Crippen LogP contribution in [0.15, 0.2) is 34.9 Å². The van der Waals surface area contributed by atoms with Crippen molar-refractivity contribution in [2.24, 2.45) is 5.41 Å². The highest BCUT2D eigenvalue weighted by molar-refractivity contribution is 5.83. The number of anilines is 1. The lowest BCUT2D eigenvalue weighted by Gasteiger charge is -2.38. The first-order valence-corrected chi connectivity index (χ1v) is 9.12. The highest BCUT2D eigenvalue weighted by Gasteiger charge is 2.49. The van der Waals surface area contributed by atoms with Gasteiger partial charge in [0.25, 0.3) is 0 Å². The van der Waals surface area contributed by atoms with Crippen LogP contribution in [0.2, 0.25) is 0 Å². The molecule has 0 radical (unpaired) electrons. The third kappa shape index (κ3) is 3.27. The van der Waals surface area contributed by atoms with Crippen molar-refractivity contribution in [2.45, 2.75) is 32.2 Å². The Hall–Kier alpha value is -2.90. The van der Waals surface area contributed by atoms with Gasteiger partial charge in [-0.2, -0.15) is 4.98 Å². The van der Waals surface area contributed by atoms with E-state index in [1.807, 2.05) is 35.2 Å². The average molecular weight is 370 g/mol. The molecule has 1 N–H and O–H groups in total. The number of aromatic nitrogens is 2. The number of hydrogen-bond acceptors (Lipinski definition) is 6. The lowest BCUT2D eigenvalue weighted by atomic mass is 9.76. The van der Waals surface area contributed by atoms with E-state index in [2.05, 4.69) is 10.1 Å². The Morgan fingerprint density at radius 2 is 1.93 bits per heavy atom. The summed E-state index contributed by atoms with van der Waals surface area (Å²) in [6, 6.07) is 9.42. The normalized spacial score (nSPS) is 21.6. The van der Waals surface area contributed by atoms with E-state index in [1.165, 1.54) is 11.8 Å². The van der Waals surface area contributed by atoms with Crippen molar-refractivity contribution >= 4 is 17.9 Å². The fourth-order valence-electron chi connectivity index (χ4n) is 4.19. The predicted octanol–water partition coefficient (Wildman–Crippen LogP) is 2.03. The maximum atomic E-state index is 11.8. The topological polar surface area (TPSA) is 99.8 Å². The van der Waals surface area contributed by atoms with E-state index in [-0.39, 0.29) is 11.3 Å². The van der Waals surface area contributed by atoms with Crippen LogP contribution in [0.5, 0.6) is 0 Å². The van der Waals surface area contributed by atoms with Gasteiger partial charge in [-0.05, 0) is 24.7 Å². The lowest BCUT2D eigenvalue weighted by Crippen LogP contribution is -2.42. The zero-order valence-corrected chi connectivity index (χ0v) is 15.2. The fourth-order valence-corrected chi connectivity index (χ4v) is 4.19. The summed E-state index contributed by atoms with van der Waals surface area (Å²) < 4.78 is 5.43. The molecular formula is C19H22N4O4. The Balaban J connectivity index is 1.44. The lowest BCUT2D eigenvalue weighted by molar-refractivity contribution is -0.147. The number of amides is 1. The van der Waals surface area contributed by atoms with Gasteiger partial charge in [0, 0.05) is 32.1 Å². The van der Waals surface area contributed by atoms with Crippen LogP contribution in [0.4, 0.5) is 6.01 Å². The summed E-state index contributed by atoms with van der Waals surface area (Å²) in [7, 11) is 0. The summed E-state index contributed by atoms with van der Waals surface area (Å²) >= 11 is 0. The maximum Gasteiger partial charge on any atom is 0.326 e. The Morgan fingerprint density at radius 3 is 2.52 bits per heavy atom. The second-order valence-corrected chi connectivity index (χ2v) is 7.46. The zero-order valence-electron chi connectivity index (χ0n) is 15.2. The second-order valence-electron chi connectivity index (χ2n) is 7.46. The molecule has 0 saturated carbocycles. The first-order valence-electron chi connectivity index (χ1n) is 9.12. The van der Waals surface area contributed by atoms with E-state index >= 15 is 0 Å². The van der Waals surface area contributed by atoms with E-state index in [0.29, 0.717) is 37.9 Å². The number of carbonyl (C=O) groups is 2. The molecule has 8 heteroatoms. The van der Waals surface area contributed by atoms with Crippen molar-refractivity contribution in [3.8, 4) is 11.4 Å². The molecule has 3 heterocycles. The van der Waals surface area contributed by atoms with Gasteiger partial charge >= 0.3 is 12.0 Å². The van der Waals surface area contributed by atoms with Crippen molar-refractivity contribution in [1.82, 2.24) is 15.0 Å². The molecule has 1 amide bonds. The van der Waals surface area contributed by atoms with Crippen LogP contribution in [-0.4, -0.2) is 57.7 Å². The minimum absolute atomic E-state index is 0.145. The Bertz CT molecular complexity index is 818. The van der Waals surface area contributed by atoms with Gasteiger partial charge < -0.3 is 19.4 Å². The number of hydrogen-bond donors (Lipinski definition) is 1. The summed E-state index contributed by atoms with van der Waals surface area (Å²) in [5, 5.41) is 13.5. The standard InChI is InChI=1S/C19H22N4O4/c1-13(24)23-12-19(11-15(23)17(25)26)7-9-22(10-8-19)18-20-16(21-27-18)14-5-3-2-4-6-14/h2-6,15H,7-12H2,1H3,(H,25,26)/t15-/m0/s1. The maximum absolute atomic E-state index is 11.8. The number of carboxylic acids is 1. The van der Waals surface area contributed by atoms with E-state index < -0.39 is 12.0 Å². The molecule has 2 fully saturated rings. The summed E-state index contributed by atoms with van der Waals surface area (Å²) in [5.41, 5.74) is 0.756. The molecule has 4 rings (SSSR count). The first-order chi connectivity index (χ1) is 13.0. The summed E-state index contributed by atoms with van der Waals surface area (Å²) in [6.45, 7) is 3.35. The Kier molecular flexibility index (Phi) is 4.33. The summed E-state index contributed by atoms with van der Waals surface area (Å²) in [4.78, 5) is 31.4. The molecule has 1 spiro atoms. The van der Waals surface area contributed by atoms with Gasteiger partial charge in [0.1, 0.15) is 6.04 Å².